The number of aromatic nitrogens is 1. The van der Waals surface area contributed by atoms with Crippen molar-refractivity contribution >= 4 is 17.7 Å². The number of hydrogen-bond donors (Lipinski definition) is 4. The molecule has 2 aromatic carbocycles. The molecule has 0 radical (unpaired) electrons. The van der Waals surface area contributed by atoms with Crippen LogP contribution in [-0.2, 0) is 13.0 Å². The van der Waals surface area contributed by atoms with Gasteiger partial charge >= 0.3 is 0 Å². The predicted octanol–water partition coefficient (Wildman–Crippen LogP) is 3.25. The van der Waals surface area contributed by atoms with Crippen LogP contribution in [0.5, 0.6) is 5.75 Å². The Morgan fingerprint density at radius 1 is 1.00 bits per heavy atom. The molecule has 0 spiro atoms. The van der Waals surface area contributed by atoms with Crippen molar-refractivity contribution in [3.63, 3.8) is 0 Å². The number of carbonyl (C=O) groups excluding carboxylic acids is 3. The van der Waals surface area contributed by atoms with E-state index in [0.717, 1.165) is 29.7 Å². The summed E-state index contributed by atoms with van der Waals surface area (Å²) in [6, 6.07) is 14.9. The molecule has 0 aliphatic heterocycles. The standard InChI is InChI=1S/C33H43N5O5/c1-5-12-38(13-6-2)33(42)26-16-24(31(34)40)15-25(17-26)32(41)37-29(18-27-11-10-22(3)19-36-27)30(39)21-35-20-23-8-7-9-28(14-23)43-4/h7-11,14-17,19,29-30,35,39H,5-6,12-13,18,20-21H2,1-4H3,(H2,34,40)(H,37,41). The zero-order chi connectivity index (χ0) is 31.4. The van der Waals surface area contributed by atoms with Gasteiger partial charge in [-0.1, -0.05) is 32.0 Å². The molecule has 43 heavy (non-hydrogen) atoms. The molecule has 2 atom stereocenters. The number of methoxy groups -OCH3 is 1. The zero-order valence-electron chi connectivity index (χ0n) is 25.4. The van der Waals surface area contributed by atoms with Crippen LogP contribution in [0, 0.1) is 6.92 Å². The van der Waals surface area contributed by atoms with Crippen molar-refractivity contribution in [1.82, 2.24) is 20.5 Å². The normalized spacial score (nSPS) is 12.3. The SMILES string of the molecule is CCCN(CCC)C(=O)c1cc(C(N)=O)cc(C(=O)NC(Cc2ccc(C)cn2)C(O)CNCc2cccc(OC)c2)c1. The Hall–Kier alpha value is -4.28. The first-order valence-corrected chi connectivity index (χ1v) is 14.6. The maximum absolute atomic E-state index is 13.6. The van der Waals surface area contributed by atoms with Gasteiger partial charge in [0.15, 0.2) is 0 Å². The van der Waals surface area contributed by atoms with E-state index in [4.69, 9.17) is 10.5 Å². The summed E-state index contributed by atoms with van der Waals surface area (Å²) in [6.45, 7) is 7.66. The third-order valence-electron chi connectivity index (χ3n) is 7.00. The Labute approximate surface area is 253 Å². The summed E-state index contributed by atoms with van der Waals surface area (Å²) in [7, 11) is 1.60. The lowest BCUT2D eigenvalue weighted by Crippen LogP contribution is -2.48. The number of primary amides is 1. The Morgan fingerprint density at radius 3 is 2.33 bits per heavy atom. The van der Waals surface area contributed by atoms with Gasteiger partial charge in [0.1, 0.15) is 5.75 Å². The summed E-state index contributed by atoms with van der Waals surface area (Å²) in [5, 5.41) is 17.4. The van der Waals surface area contributed by atoms with Gasteiger partial charge in [0.2, 0.25) is 5.91 Å². The number of rotatable bonds is 16. The average molecular weight is 590 g/mol. The molecule has 1 heterocycles. The fourth-order valence-corrected chi connectivity index (χ4v) is 4.73. The van der Waals surface area contributed by atoms with E-state index in [2.05, 4.69) is 15.6 Å². The second-order valence-electron chi connectivity index (χ2n) is 10.6. The van der Waals surface area contributed by atoms with Gasteiger partial charge < -0.3 is 31.1 Å². The monoisotopic (exact) mass is 589 g/mol. The van der Waals surface area contributed by atoms with E-state index >= 15 is 0 Å². The molecular formula is C33H43N5O5. The van der Waals surface area contributed by atoms with Gasteiger partial charge in [-0.2, -0.15) is 0 Å². The van der Waals surface area contributed by atoms with E-state index in [9.17, 15) is 19.5 Å². The molecule has 0 saturated carbocycles. The highest BCUT2D eigenvalue weighted by Crippen LogP contribution is 2.16. The van der Waals surface area contributed by atoms with Crippen LogP contribution in [0.3, 0.4) is 0 Å². The Balaban J connectivity index is 1.84. The Kier molecular flexibility index (Phi) is 12.7. The Bertz CT molecular complexity index is 1370. The number of ether oxygens (including phenoxy) is 1. The molecule has 10 nitrogen and oxygen atoms in total. The van der Waals surface area contributed by atoms with Crippen molar-refractivity contribution in [3.05, 3.63) is 94.3 Å². The summed E-state index contributed by atoms with van der Waals surface area (Å²) in [5.41, 5.74) is 8.60. The van der Waals surface area contributed by atoms with E-state index in [0.29, 0.717) is 25.3 Å². The maximum Gasteiger partial charge on any atom is 0.253 e. The molecule has 0 aliphatic carbocycles. The van der Waals surface area contributed by atoms with Gasteiger partial charge in [-0.25, -0.2) is 0 Å². The van der Waals surface area contributed by atoms with Crippen molar-refractivity contribution in [1.29, 1.82) is 0 Å². The molecule has 1 aromatic heterocycles. The summed E-state index contributed by atoms with van der Waals surface area (Å²) < 4.78 is 5.28. The predicted molar refractivity (Wildman–Crippen MR) is 166 cm³/mol. The van der Waals surface area contributed by atoms with Crippen LogP contribution in [-0.4, -0.2) is 71.6 Å². The number of amides is 3. The van der Waals surface area contributed by atoms with Crippen molar-refractivity contribution in [3.8, 4) is 5.75 Å². The van der Waals surface area contributed by atoms with E-state index in [1.54, 1.807) is 18.2 Å². The number of aliphatic hydroxyl groups excluding tert-OH is 1. The van der Waals surface area contributed by atoms with Crippen LogP contribution < -0.4 is 21.1 Å². The second-order valence-corrected chi connectivity index (χ2v) is 10.6. The molecule has 5 N–H and O–H groups in total. The lowest BCUT2D eigenvalue weighted by Gasteiger charge is -2.25. The number of aryl methyl sites for hydroxylation is 1. The zero-order valence-corrected chi connectivity index (χ0v) is 25.4. The first-order valence-electron chi connectivity index (χ1n) is 14.6. The smallest absolute Gasteiger partial charge is 0.253 e. The third kappa shape index (κ3) is 9.90. The van der Waals surface area contributed by atoms with Gasteiger partial charge in [0.25, 0.3) is 11.8 Å². The highest BCUT2D eigenvalue weighted by molar-refractivity contribution is 6.04. The molecule has 230 valence electrons. The van der Waals surface area contributed by atoms with E-state index in [-0.39, 0.29) is 35.6 Å². The third-order valence-corrected chi connectivity index (χ3v) is 7.00. The van der Waals surface area contributed by atoms with Gasteiger partial charge in [-0.05, 0) is 67.3 Å². The number of aliphatic hydroxyl groups is 1. The Morgan fingerprint density at radius 2 is 1.70 bits per heavy atom. The molecule has 3 rings (SSSR count). The van der Waals surface area contributed by atoms with Gasteiger partial charge in [0, 0.05) is 61.2 Å². The second kappa shape index (κ2) is 16.4. The minimum Gasteiger partial charge on any atom is -0.497 e. The minimum absolute atomic E-state index is 0.0567. The molecule has 2 unspecified atom stereocenters. The summed E-state index contributed by atoms with van der Waals surface area (Å²) in [5.74, 6) is -0.830. The van der Waals surface area contributed by atoms with Crippen LogP contribution in [0.25, 0.3) is 0 Å². The fraction of sp³-hybridized carbons (Fsp3) is 0.394. The topological polar surface area (TPSA) is 147 Å². The number of nitrogens with zero attached hydrogens (tertiary/aromatic N) is 2. The van der Waals surface area contributed by atoms with E-state index in [1.807, 2.05) is 57.2 Å². The van der Waals surface area contributed by atoms with Gasteiger partial charge in [0.05, 0.1) is 19.3 Å². The number of nitrogens with one attached hydrogen (secondary N) is 2. The molecule has 3 amide bonds. The average Bonchev–Trinajstić information content (AvgIpc) is 3.01. The van der Waals surface area contributed by atoms with Crippen LogP contribution in [0.15, 0.2) is 60.8 Å². The van der Waals surface area contributed by atoms with Crippen molar-refractivity contribution < 1.29 is 24.2 Å². The molecule has 3 aromatic rings. The number of benzene rings is 2. The van der Waals surface area contributed by atoms with Crippen LogP contribution in [0.4, 0.5) is 0 Å². The fourth-order valence-electron chi connectivity index (χ4n) is 4.73. The van der Waals surface area contributed by atoms with E-state index < -0.39 is 24.0 Å². The maximum atomic E-state index is 13.6. The van der Waals surface area contributed by atoms with Crippen LogP contribution >= 0.6 is 0 Å². The largest absolute Gasteiger partial charge is 0.497 e. The van der Waals surface area contributed by atoms with Crippen molar-refractivity contribution in [2.24, 2.45) is 5.73 Å². The van der Waals surface area contributed by atoms with E-state index in [1.165, 1.54) is 18.2 Å². The lowest BCUT2D eigenvalue weighted by atomic mass is 10.0. The molecule has 10 heteroatoms. The van der Waals surface area contributed by atoms with Crippen molar-refractivity contribution in [2.45, 2.75) is 58.7 Å². The summed E-state index contributed by atoms with van der Waals surface area (Å²) >= 11 is 0. The highest BCUT2D eigenvalue weighted by Gasteiger charge is 2.25. The molecular weight excluding hydrogens is 546 g/mol. The van der Waals surface area contributed by atoms with Gasteiger partial charge in [-0.15, -0.1) is 0 Å². The summed E-state index contributed by atoms with van der Waals surface area (Å²) in [4.78, 5) is 45.2. The molecule has 0 aliphatic rings. The molecule has 0 saturated heterocycles. The number of pyridine rings is 1. The minimum atomic E-state index is -0.984. The summed E-state index contributed by atoms with van der Waals surface area (Å²) in [6.07, 6.45) is 2.55. The first kappa shape index (κ1) is 33.2. The lowest BCUT2D eigenvalue weighted by molar-refractivity contribution is 0.0755. The number of nitrogens with two attached hydrogens (primary N) is 1. The van der Waals surface area contributed by atoms with Gasteiger partial charge in [-0.3, -0.25) is 19.4 Å². The number of carbonyl (C=O) groups is 3. The van der Waals surface area contributed by atoms with Crippen LogP contribution in [0.1, 0.15) is 74.6 Å². The quantitative estimate of drug-likeness (QED) is 0.201. The van der Waals surface area contributed by atoms with Crippen LogP contribution in [0.2, 0.25) is 0 Å². The number of hydrogen-bond acceptors (Lipinski definition) is 7. The highest BCUT2D eigenvalue weighted by atomic mass is 16.5. The molecule has 0 bridgehead atoms. The first-order chi connectivity index (χ1) is 20.6. The molecule has 0 fully saturated rings. The van der Waals surface area contributed by atoms with Crippen molar-refractivity contribution in [2.75, 3.05) is 26.7 Å².